The standard InChI is InChI=1S/C16H25FN4OS/c17-14-2-4-15(5-3-14)23-13-7-20-16(18)19-6-1-8-21-9-11-22-12-10-21/h2-5H,1,6-13H2,(H3,18,19,20). The second-order valence-corrected chi connectivity index (χ2v) is 6.47. The van der Waals surface area contributed by atoms with Gasteiger partial charge in [-0.05, 0) is 30.7 Å². The van der Waals surface area contributed by atoms with Crippen LogP contribution in [-0.4, -0.2) is 62.5 Å². The van der Waals surface area contributed by atoms with Gasteiger partial charge < -0.3 is 15.8 Å². The molecule has 0 aromatic heterocycles. The quantitative estimate of drug-likeness (QED) is 0.325. The molecule has 1 aliphatic heterocycles. The van der Waals surface area contributed by atoms with Crippen molar-refractivity contribution in [1.29, 1.82) is 0 Å². The number of hydrogen-bond donors (Lipinski definition) is 2. The van der Waals surface area contributed by atoms with Gasteiger partial charge in [0.1, 0.15) is 5.82 Å². The number of thioether (sulfide) groups is 1. The lowest BCUT2D eigenvalue weighted by Gasteiger charge is -2.26. The lowest BCUT2D eigenvalue weighted by molar-refractivity contribution is 0.0377. The smallest absolute Gasteiger partial charge is 0.188 e. The predicted octanol–water partition coefficient (Wildman–Crippen LogP) is 1.54. The van der Waals surface area contributed by atoms with Crippen molar-refractivity contribution in [3.63, 3.8) is 0 Å². The molecule has 1 aliphatic rings. The summed E-state index contributed by atoms with van der Waals surface area (Å²) in [7, 11) is 0. The van der Waals surface area contributed by atoms with Gasteiger partial charge in [-0.15, -0.1) is 11.8 Å². The van der Waals surface area contributed by atoms with Crippen molar-refractivity contribution < 1.29 is 9.13 Å². The molecule has 0 amide bonds. The van der Waals surface area contributed by atoms with Crippen LogP contribution in [0, 0.1) is 5.82 Å². The molecule has 0 spiro atoms. The van der Waals surface area contributed by atoms with E-state index in [9.17, 15) is 4.39 Å². The molecule has 1 aromatic rings. The highest BCUT2D eigenvalue weighted by molar-refractivity contribution is 7.99. The van der Waals surface area contributed by atoms with E-state index in [-0.39, 0.29) is 5.82 Å². The number of benzene rings is 1. The predicted molar refractivity (Wildman–Crippen MR) is 93.5 cm³/mol. The van der Waals surface area contributed by atoms with Gasteiger partial charge in [-0.25, -0.2) is 4.39 Å². The van der Waals surface area contributed by atoms with Crippen molar-refractivity contribution in [1.82, 2.24) is 10.2 Å². The molecule has 0 saturated carbocycles. The van der Waals surface area contributed by atoms with Crippen LogP contribution in [-0.2, 0) is 4.74 Å². The zero-order valence-corrected chi connectivity index (χ0v) is 14.2. The summed E-state index contributed by atoms with van der Waals surface area (Å²) in [5.74, 6) is 1.14. The summed E-state index contributed by atoms with van der Waals surface area (Å²) in [6.07, 6.45) is 1.01. The number of nitrogens with one attached hydrogen (secondary N) is 1. The first-order valence-electron chi connectivity index (χ1n) is 7.96. The Morgan fingerprint density at radius 1 is 1.30 bits per heavy atom. The van der Waals surface area contributed by atoms with Crippen molar-refractivity contribution in [2.75, 3.05) is 51.7 Å². The Kier molecular flexibility index (Phi) is 8.20. The number of hydrogen-bond acceptors (Lipinski definition) is 4. The van der Waals surface area contributed by atoms with E-state index >= 15 is 0 Å². The molecule has 128 valence electrons. The SMILES string of the molecule is NC(=NCCCN1CCOCC1)NCCSc1ccc(F)cc1. The van der Waals surface area contributed by atoms with Gasteiger partial charge in [-0.1, -0.05) is 0 Å². The minimum Gasteiger partial charge on any atom is -0.379 e. The third-order valence-electron chi connectivity index (χ3n) is 3.51. The van der Waals surface area contributed by atoms with Crippen LogP contribution in [0.3, 0.4) is 0 Å². The average Bonchev–Trinajstić information content (AvgIpc) is 2.58. The number of halogens is 1. The van der Waals surface area contributed by atoms with Gasteiger partial charge in [0.05, 0.1) is 13.2 Å². The fourth-order valence-corrected chi connectivity index (χ4v) is 3.02. The van der Waals surface area contributed by atoms with E-state index in [1.165, 1.54) is 12.1 Å². The average molecular weight is 340 g/mol. The fraction of sp³-hybridized carbons (Fsp3) is 0.562. The maximum absolute atomic E-state index is 12.8. The van der Waals surface area contributed by atoms with Crippen LogP contribution >= 0.6 is 11.8 Å². The number of nitrogens with zero attached hydrogens (tertiary/aromatic N) is 2. The van der Waals surface area contributed by atoms with Gasteiger partial charge in [-0.2, -0.15) is 0 Å². The highest BCUT2D eigenvalue weighted by atomic mass is 32.2. The summed E-state index contributed by atoms with van der Waals surface area (Å²) < 4.78 is 18.1. The van der Waals surface area contributed by atoms with Gasteiger partial charge in [0.25, 0.3) is 0 Å². The molecule has 5 nitrogen and oxygen atoms in total. The molecule has 0 radical (unpaired) electrons. The second kappa shape index (κ2) is 10.5. The summed E-state index contributed by atoms with van der Waals surface area (Å²) in [6.45, 7) is 6.20. The maximum atomic E-state index is 12.8. The van der Waals surface area contributed by atoms with E-state index in [0.717, 1.165) is 63.0 Å². The van der Waals surface area contributed by atoms with Crippen molar-refractivity contribution in [2.24, 2.45) is 10.7 Å². The molecule has 1 aromatic carbocycles. The zero-order chi connectivity index (χ0) is 16.3. The summed E-state index contributed by atoms with van der Waals surface area (Å²) in [5.41, 5.74) is 5.84. The lowest BCUT2D eigenvalue weighted by atomic mass is 10.3. The minimum atomic E-state index is -0.207. The summed E-state index contributed by atoms with van der Waals surface area (Å²) in [4.78, 5) is 7.77. The molecule has 3 N–H and O–H groups in total. The zero-order valence-electron chi connectivity index (χ0n) is 13.3. The molecule has 23 heavy (non-hydrogen) atoms. The van der Waals surface area contributed by atoms with E-state index in [1.807, 2.05) is 0 Å². The van der Waals surface area contributed by atoms with Crippen LogP contribution in [0.25, 0.3) is 0 Å². The minimum absolute atomic E-state index is 0.207. The number of guanidine groups is 1. The Balaban J connectivity index is 1.51. The Labute approximate surface area is 141 Å². The molecular weight excluding hydrogens is 315 g/mol. The van der Waals surface area contributed by atoms with Crippen LogP contribution < -0.4 is 11.1 Å². The Morgan fingerprint density at radius 3 is 2.78 bits per heavy atom. The number of morpholine rings is 1. The monoisotopic (exact) mass is 340 g/mol. The van der Waals surface area contributed by atoms with E-state index in [1.54, 1.807) is 23.9 Å². The highest BCUT2D eigenvalue weighted by Gasteiger charge is 2.08. The molecule has 1 saturated heterocycles. The van der Waals surface area contributed by atoms with Crippen LogP contribution in [0.1, 0.15) is 6.42 Å². The summed E-state index contributed by atoms with van der Waals surface area (Å²) >= 11 is 1.66. The third-order valence-corrected chi connectivity index (χ3v) is 4.52. The maximum Gasteiger partial charge on any atom is 0.188 e. The third kappa shape index (κ3) is 7.67. The number of ether oxygens (including phenoxy) is 1. The molecule has 2 rings (SSSR count). The number of rotatable bonds is 8. The molecule has 0 unspecified atom stereocenters. The molecule has 1 fully saturated rings. The topological polar surface area (TPSA) is 62.9 Å². The molecule has 0 bridgehead atoms. The van der Waals surface area contributed by atoms with Crippen molar-refractivity contribution >= 4 is 17.7 Å². The summed E-state index contributed by atoms with van der Waals surface area (Å²) in [5, 5.41) is 3.10. The van der Waals surface area contributed by atoms with Gasteiger partial charge in [0.2, 0.25) is 0 Å². The van der Waals surface area contributed by atoms with Crippen LogP contribution in [0.4, 0.5) is 4.39 Å². The fourth-order valence-electron chi connectivity index (χ4n) is 2.25. The first kappa shape index (κ1) is 18.0. The van der Waals surface area contributed by atoms with E-state index < -0.39 is 0 Å². The first-order valence-corrected chi connectivity index (χ1v) is 8.95. The Hall–Kier alpha value is -1.31. The molecule has 0 atom stereocenters. The molecule has 7 heteroatoms. The number of nitrogens with two attached hydrogens (primary N) is 1. The van der Waals surface area contributed by atoms with Crippen molar-refractivity contribution in [3.8, 4) is 0 Å². The Bertz CT molecular complexity index is 477. The molecule has 0 aliphatic carbocycles. The van der Waals surface area contributed by atoms with Crippen LogP contribution in [0.15, 0.2) is 34.2 Å². The van der Waals surface area contributed by atoms with E-state index in [4.69, 9.17) is 10.5 Å². The first-order chi connectivity index (χ1) is 11.2. The largest absolute Gasteiger partial charge is 0.379 e. The lowest BCUT2D eigenvalue weighted by Crippen LogP contribution is -2.37. The highest BCUT2D eigenvalue weighted by Crippen LogP contribution is 2.17. The van der Waals surface area contributed by atoms with Crippen LogP contribution in [0.2, 0.25) is 0 Å². The van der Waals surface area contributed by atoms with Crippen LogP contribution in [0.5, 0.6) is 0 Å². The van der Waals surface area contributed by atoms with Gasteiger partial charge >= 0.3 is 0 Å². The van der Waals surface area contributed by atoms with Gasteiger partial charge in [0, 0.05) is 43.4 Å². The molecular formula is C16H25FN4OS. The van der Waals surface area contributed by atoms with Crippen molar-refractivity contribution in [3.05, 3.63) is 30.1 Å². The molecule has 1 heterocycles. The second-order valence-electron chi connectivity index (χ2n) is 5.30. The Morgan fingerprint density at radius 2 is 2.04 bits per heavy atom. The van der Waals surface area contributed by atoms with Crippen molar-refractivity contribution in [2.45, 2.75) is 11.3 Å². The van der Waals surface area contributed by atoms with Gasteiger partial charge in [0.15, 0.2) is 5.96 Å². The summed E-state index contributed by atoms with van der Waals surface area (Å²) in [6, 6.07) is 6.51. The van der Waals surface area contributed by atoms with E-state index in [0.29, 0.717) is 5.96 Å². The number of aliphatic imine (C=N–C) groups is 1. The van der Waals surface area contributed by atoms with E-state index in [2.05, 4.69) is 15.2 Å². The normalized spacial score (nSPS) is 16.5. The van der Waals surface area contributed by atoms with Gasteiger partial charge in [-0.3, -0.25) is 9.89 Å².